The summed E-state index contributed by atoms with van der Waals surface area (Å²) in [5.74, 6) is 0.320. The topological polar surface area (TPSA) is 61.4 Å². The van der Waals surface area contributed by atoms with Crippen molar-refractivity contribution in [2.45, 2.75) is 25.4 Å². The maximum absolute atomic E-state index is 13.0. The Bertz CT molecular complexity index is 797. The lowest BCUT2D eigenvalue weighted by Crippen LogP contribution is -2.43. The molecule has 1 aromatic heterocycles. The van der Waals surface area contributed by atoms with Gasteiger partial charge in [-0.15, -0.1) is 0 Å². The van der Waals surface area contributed by atoms with Gasteiger partial charge in [-0.3, -0.25) is 9.69 Å². The van der Waals surface area contributed by atoms with E-state index < -0.39 is 0 Å². The van der Waals surface area contributed by atoms with Crippen molar-refractivity contribution in [1.29, 1.82) is 0 Å². The van der Waals surface area contributed by atoms with E-state index in [0.29, 0.717) is 5.95 Å². The minimum Gasteiger partial charge on any atom is -0.350 e. The third-order valence-corrected chi connectivity index (χ3v) is 4.74. The van der Waals surface area contributed by atoms with Crippen LogP contribution in [0.15, 0.2) is 42.7 Å². The molecular weight excluding hydrogens is 357 g/mol. The minimum absolute atomic E-state index is 0.103. The monoisotopic (exact) mass is 383 g/mol. The molecule has 1 saturated heterocycles. The van der Waals surface area contributed by atoms with Crippen molar-refractivity contribution in [2.75, 3.05) is 32.1 Å². The predicted octanol–water partition coefficient (Wildman–Crippen LogP) is 2.48. The number of carbonyl (C=O) groups is 1. The number of anilines is 1. The highest BCUT2D eigenvalue weighted by molar-refractivity contribution is 5.91. The summed E-state index contributed by atoms with van der Waals surface area (Å²) in [5, 5.41) is 3.06. The average molecular weight is 383 g/mol. The summed E-state index contributed by atoms with van der Waals surface area (Å²) in [6.45, 7) is 2.63. The fourth-order valence-electron chi connectivity index (χ4n) is 3.15. The Morgan fingerprint density at radius 2 is 1.86 bits per heavy atom. The zero-order chi connectivity index (χ0) is 19.9. The number of aromatic nitrogens is 2. The van der Waals surface area contributed by atoms with Gasteiger partial charge >= 0.3 is 0 Å². The van der Waals surface area contributed by atoms with Gasteiger partial charge in [0, 0.05) is 63.8 Å². The lowest BCUT2D eigenvalue weighted by molar-refractivity contribution is -0.117. The summed E-state index contributed by atoms with van der Waals surface area (Å²) in [4.78, 5) is 24.8. The first-order valence-corrected chi connectivity index (χ1v) is 9.44. The maximum Gasteiger partial charge on any atom is 0.244 e. The van der Waals surface area contributed by atoms with Gasteiger partial charge in [0.2, 0.25) is 11.9 Å². The SMILES string of the molecule is CN(C)c1ncc(/C=C/C(=O)NC2CCN(Cc3ccc(F)cc3)CC2)cn1. The highest BCUT2D eigenvalue weighted by Gasteiger charge is 2.20. The van der Waals surface area contributed by atoms with Crippen LogP contribution in [0.25, 0.3) is 6.08 Å². The third kappa shape index (κ3) is 5.85. The van der Waals surface area contributed by atoms with Gasteiger partial charge < -0.3 is 10.2 Å². The van der Waals surface area contributed by atoms with E-state index in [0.717, 1.165) is 43.6 Å². The highest BCUT2D eigenvalue weighted by atomic mass is 19.1. The first kappa shape index (κ1) is 19.9. The van der Waals surface area contributed by atoms with E-state index >= 15 is 0 Å². The van der Waals surface area contributed by atoms with Crippen LogP contribution in [-0.4, -0.2) is 54.0 Å². The molecular formula is C21H26FN5O. The van der Waals surface area contributed by atoms with Gasteiger partial charge in [0.25, 0.3) is 0 Å². The molecule has 1 fully saturated rings. The molecule has 0 bridgehead atoms. The van der Waals surface area contributed by atoms with Crippen LogP contribution in [0.4, 0.5) is 10.3 Å². The highest BCUT2D eigenvalue weighted by Crippen LogP contribution is 2.14. The van der Waals surface area contributed by atoms with Gasteiger partial charge in [0.05, 0.1) is 0 Å². The second-order valence-electron chi connectivity index (χ2n) is 7.23. The second kappa shape index (κ2) is 9.41. The number of hydrogen-bond donors (Lipinski definition) is 1. The molecule has 1 aromatic carbocycles. The number of rotatable bonds is 6. The molecule has 6 nitrogen and oxygen atoms in total. The van der Waals surface area contributed by atoms with Gasteiger partial charge in [0.15, 0.2) is 0 Å². The number of nitrogens with zero attached hydrogens (tertiary/aromatic N) is 4. The van der Waals surface area contributed by atoms with E-state index in [9.17, 15) is 9.18 Å². The first-order chi connectivity index (χ1) is 13.5. The Balaban J connectivity index is 1.42. The van der Waals surface area contributed by atoms with Crippen molar-refractivity contribution in [3.05, 3.63) is 59.7 Å². The lowest BCUT2D eigenvalue weighted by Gasteiger charge is -2.32. The fourth-order valence-corrected chi connectivity index (χ4v) is 3.15. The Labute approximate surface area is 165 Å². The van der Waals surface area contributed by atoms with E-state index in [1.165, 1.54) is 18.2 Å². The quantitative estimate of drug-likeness (QED) is 0.777. The van der Waals surface area contributed by atoms with Crippen LogP contribution in [-0.2, 0) is 11.3 Å². The summed E-state index contributed by atoms with van der Waals surface area (Å²) < 4.78 is 13.0. The minimum atomic E-state index is -0.210. The Morgan fingerprint density at radius 1 is 1.21 bits per heavy atom. The van der Waals surface area contributed by atoms with Gasteiger partial charge in [-0.1, -0.05) is 12.1 Å². The molecule has 28 heavy (non-hydrogen) atoms. The smallest absolute Gasteiger partial charge is 0.244 e. The molecule has 0 unspecified atom stereocenters. The van der Waals surface area contributed by atoms with Crippen LogP contribution >= 0.6 is 0 Å². The van der Waals surface area contributed by atoms with Crippen molar-refractivity contribution >= 4 is 17.9 Å². The van der Waals surface area contributed by atoms with Crippen molar-refractivity contribution < 1.29 is 9.18 Å². The van der Waals surface area contributed by atoms with E-state index in [-0.39, 0.29) is 17.8 Å². The fraction of sp³-hybridized carbons (Fsp3) is 0.381. The summed E-state index contributed by atoms with van der Waals surface area (Å²) in [6, 6.07) is 6.81. The number of hydrogen-bond acceptors (Lipinski definition) is 5. The Hall–Kier alpha value is -2.80. The molecule has 3 rings (SSSR count). The number of likely N-dealkylation sites (tertiary alicyclic amines) is 1. The summed E-state index contributed by atoms with van der Waals surface area (Å²) in [7, 11) is 3.76. The van der Waals surface area contributed by atoms with E-state index in [1.807, 2.05) is 31.1 Å². The standard InChI is InChI=1S/C21H26FN5O/c1-26(2)21-23-13-17(14-24-21)5-8-20(28)25-19-9-11-27(12-10-19)15-16-3-6-18(22)7-4-16/h3-8,13-14,19H,9-12,15H2,1-2H3,(H,25,28)/b8-5+. The van der Waals surface area contributed by atoms with Crippen LogP contribution in [0.5, 0.6) is 0 Å². The molecule has 148 valence electrons. The molecule has 1 N–H and O–H groups in total. The number of nitrogens with one attached hydrogen (secondary N) is 1. The van der Waals surface area contributed by atoms with Gasteiger partial charge in [-0.25, -0.2) is 14.4 Å². The van der Waals surface area contributed by atoms with Crippen LogP contribution in [0.2, 0.25) is 0 Å². The Kier molecular flexibility index (Phi) is 6.71. The van der Waals surface area contributed by atoms with Crippen molar-refractivity contribution in [3.8, 4) is 0 Å². The number of piperidine rings is 1. The first-order valence-electron chi connectivity index (χ1n) is 9.44. The molecule has 0 saturated carbocycles. The normalized spacial score (nSPS) is 15.7. The number of carbonyl (C=O) groups excluding carboxylic acids is 1. The molecule has 0 spiro atoms. The van der Waals surface area contributed by atoms with Gasteiger partial charge in [0.1, 0.15) is 5.82 Å². The largest absolute Gasteiger partial charge is 0.350 e. The average Bonchev–Trinajstić information content (AvgIpc) is 2.70. The van der Waals surface area contributed by atoms with Crippen molar-refractivity contribution in [1.82, 2.24) is 20.2 Å². The van der Waals surface area contributed by atoms with Crippen LogP contribution in [0.3, 0.4) is 0 Å². The second-order valence-corrected chi connectivity index (χ2v) is 7.23. The Morgan fingerprint density at radius 3 is 2.46 bits per heavy atom. The van der Waals surface area contributed by atoms with Crippen molar-refractivity contribution in [2.24, 2.45) is 0 Å². The third-order valence-electron chi connectivity index (χ3n) is 4.74. The van der Waals surface area contributed by atoms with Gasteiger partial charge in [-0.05, 0) is 36.6 Å². The summed E-state index contributed by atoms with van der Waals surface area (Å²) >= 11 is 0. The molecule has 7 heteroatoms. The summed E-state index contributed by atoms with van der Waals surface area (Å²) in [5.41, 5.74) is 1.89. The van der Waals surface area contributed by atoms with Crippen LogP contribution < -0.4 is 10.2 Å². The number of amides is 1. The predicted molar refractivity (Wildman–Crippen MR) is 108 cm³/mol. The van der Waals surface area contributed by atoms with E-state index in [4.69, 9.17) is 0 Å². The zero-order valence-corrected chi connectivity index (χ0v) is 16.3. The zero-order valence-electron chi connectivity index (χ0n) is 16.3. The van der Waals surface area contributed by atoms with E-state index in [2.05, 4.69) is 20.2 Å². The van der Waals surface area contributed by atoms with Crippen LogP contribution in [0, 0.1) is 5.82 Å². The molecule has 1 amide bonds. The molecule has 2 aromatic rings. The molecule has 0 aliphatic carbocycles. The molecule has 2 heterocycles. The van der Waals surface area contributed by atoms with Gasteiger partial charge in [-0.2, -0.15) is 0 Å². The van der Waals surface area contributed by atoms with Crippen LogP contribution in [0.1, 0.15) is 24.0 Å². The van der Waals surface area contributed by atoms with Crippen molar-refractivity contribution in [3.63, 3.8) is 0 Å². The molecule has 0 radical (unpaired) electrons. The van der Waals surface area contributed by atoms with E-state index in [1.54, 1.807) is 18.5 Å². The molecule has 1 aliphatic heterocycles. The summed E-state index contributed by atoms with van der Waals surface area (Å²) in [6.07, 6.45) is 8.44. The molecule has 0 atom stereocenters. The lowest BCUT2D eigenvalue weighted by atomic mass is 10.0. The maximum atomic E-state index is 13.0. The number of benzene rings is 1. The number of halogens is 1. The molecule has 1 aliphatic rings.